The second-order valence-electron chi connectivity index (χ2n) is 17.7. The molecule has 0 amide bonds. The van der Waals surface area contributed by atoms with Gasteiger partial charge in [-0.15, -0.1) is 0 Å². The fourth-order valence-electron chi connectivity index (χ4n) is 13.5. The SMILES string of the molecule is C[C@]12CC[C@H]3[C@@H](CCC4=CC(=O)CC[C@@]43C)[C@@H]1CC[C@@H]2OS(=O)(=O)O[C@H]1CC[C@@]2(C)C(=CCC3C2CC[C@]2(C)C(=O)CCC32)C1. The molecule has 6 fully saturated rings. The van der Waals surface area contributed by atoms with Crippen molar-refractivity contribution in [3.63, 3.8) is 0 Å². The molecular weight excluding hydrogens is 584 g/mol. The number of allylic oxidation sites excluding steroid dienone is 2. The highest BCUT2D eigenvalue weighted by Crippen LogP contribution is 2.67. The van der Waals surface area contributed by atoms with E-state index in [-0.39, 0.29) is 39.7 Å². The van der Waals surface area contributed by atoms with Gasteiger partial charge in [0.15, 0.2) is 5.78 Å². The molecule has 0 aliphatic heterocycles. The minimum Gasteiger partial charge on any atom is -0.299 e. The molecule has 8 rings (SSSR count). The average molecular weight is 639 g/mol. The summed E-state index contributed by atoms with van der Waals surface area (Å²) in [6.07, 6.45) is 18.4. The van der Waals surface area contributed by atoms with E-state index < -0.39 is 10.4 Å². The maximum Gasteiger partial charge on any atom is 0.400 e. The van der Waals surface area contributed by atoms with Gasteiger partial charge in [0.2, 0.25) is 0 Å². The molecule has 12 atom stereocenters. The van der Waals surface area contributed by atoms with Crippen LogP contribution in [0.5, 0.6) is 0 Å². The summed E-state index contributed by atoms with van der Waals surface area (Å²) in [6, 6.07) is 0. The fraction of sp³-hybridized carbons (Fsp3) is 0.842. The van der Waals surface area contributed by atoms with Crippen LogP contribution in [0.3, 0.4) is 0 Å². The smallest absolute Gasteiger partial charge is 0.299 e. The number of hydrogen-bond donors (Lipinski definition) is 0. The highest BCUT2D eigenvalue weighted by Gasteiger charge is 2.61. The van der Waals surface area contributed by atoms with Gasteiger partial charge in [-0.25, -0.2) is 8.37 Å². The minimum atomic E-state index is -4.14. The zero-order chi connectivity index (χ0) is 31.6. The molecule has 0 aromatic rings. The van der Waals surface area contributed by atoms with Crippen molar-refractivity contribution < 1.29 is 26.4 Å². The van der Waals surface area contributed by atoms with Crippen LogP contribution in [0.2, 0.25) is 0 Å². The van der Waals surface area contributed by atoms with Crippen LogP contribution < -0.4 is 0 Å². The van der Waals surface area contributed by atoms with Crippen molar-refractivity contribution in [3.05, 3.63) is 23.3 Å². The zero-order valence-electron chi connectivity index (χ0n) is 27.9. The maximum absolute atomic E-state index is 13.5. The quantitative estimate of drug-likeness (QED) is 0.290. The predicted molar refractivity (Wildman–Crippen MR) is 172 cm³/mol. The summed E-state index contributed by atoms with van der Waals surface area (Å²) in [7, 11) is -4.14. The van der Waals surface area contributed by atoms with Gasteiger partial charge in [0, 0.05) is 18.3 Å². The van der Waals surface area contributed by atoms with Crippen molar-refractivity contribution in [2.24, 2.45) is 57.2 Å². The van der Waals surface area contributed by atoms with E-state index in [9.17, 15) is 18.0 Å². The molecule has 0 bridgehead atoms. The van der Waals surface area contributed by atoms with Gasteiger partial charge in [0.25, 0.3) is 0 Å². The molecule has 6 nitrogen and oxygen atoms in total. The Bertz CT molecular complexity index is 1460. The molecule has 45 heavy (non-hydrogen) atoms. The summed E-state index contributed by atoms with van der Waals surface area (Å²) in [5, 5.41) is 0. The summed E-state index contributed by atoms with van der Waals surface area (Å²) in [5.74, 6) is 3.99. The third kappa shape index (κ3) is 4.55. The molecule has 0 aromatic carbocycles. The van der Waals surface area contributed by atoms with Gasteiger partial charge in [0.05, 0.1) is 12.2 Å². The van der Waals surface area contributed by atoms with Crippen molar-refractivity contribution in [1.29, 1.82) is 0 Å². The Balaban J connectivity index is 0.933. The molecule has 0 spiro atoms. The third-order valence-electron chi connectivity index (χ3n) is 16.1. The van der Waals surface area contributed by atoms with Crippen LogP contribution >= 0.6 is 0 Å². The van der Waals surface area contributed by atoms with E-state index >= 15 is 0 Å². The number of carbonyl (C=O) groups excluding carboxylic acids is 2. The Morgan fingerprint density at radius 1 is 0.667 bits per heavy atom. The first-order chi connectivity index (χ1) is 21.3. The maximum atomic E-state index is 13.5. The Kier molecular flexibility index (Phi) is 7.12. The van der Waals surface area contributed by atoms with Crippen LogP contribution in [0.25, 0.3) is 0 Å². The lowest BCUT2D eigenvalue weighted by atomic mass is 9.47. The molecule has 0 N–H and O–H groups in total. The Morgan fingerprint density at radius 3 is 2.20 bits per heavy atom. The Morgan fingerprint density at radius 2 is 1.38 bits per heavy atom. The van der Waals surface area contributed by atoms with E-state index in [1.807, 2.05) is 6.08 Å². The molecule has 7 heteroatoms. The number of Topliss-reactive ketones (excluding diaryl/α,β-unsaturated/α-hetero) is 1. The predicted octanol–water partition coefficient (Wildman–Crippen LogP) is 8.07. The lowest BCUT2D eigenvalue weighted by Crippen LogP contribution is -2.52. The summed E-state index contributed by atoms with van der Waals surface area (Å²) in [6.45, 7) is 9.30. The van der Waals surface area contributed by atoms with Crippen LogP contribution in [-0.4, -0.2) is 32.2 Å². The van der Waals surface area contributed by atoms with Crippen molar-refractivity contribution in [2.75, 3.05) is 0 Å². The van der Waals surface area contributed by atoms with Gasteiger partial charge in [-0.05, 0) is 148 Å². The fourth-order valence-corrected chi connectivity index (χ4v) is 14.6. The van der Waals surface area contributed by atoms with Gasteiger partial charge < -0.3 is 0 Å². The molecule has 0 aromatic heterocycles. The molecule has 8 aliphatic rings. The number of rotatable bonds is 4. The Labute approximate surface area is 270 Å². The average Bonchev–Trinajstić information content (AvgIpc) is 3.48. The molecule has 8 aliphatic carbocycles. The van der Waals surface area contributed by atoms with Crippen molar-refractivity contribution in [3.8, 4) is 0 Å². The molecule has 248 valence electrons. The number of hydrogen-bond acceptors (Lipinski definition) is 6. The van der Waals surface area contributed by atoms with E-state index in [4.69, 9.17) is 8.37 Å². The van der Waals surface area contributed by atoms with Gasteiger partial charge in [-0.3, -0.25) is 9.59 Å². The second kappa shape index (κ2) is 10.3. The summed E-state index contributed by atoms with van der Waals surface area (Å²) in [4.78, 5) is 25.0. The van der Waals surface area contributed by atoms with E-state index in [2.05, 4.69) is 33.8 Å². The first-order valence-electron chi connectivity index (χ1n) is 18.3. The van der Waals surface area contributed by atoms with Crippen molar-refractivity contribution in [1.82, 2.24) is 0 Å². The van der Waals surface area contributed by atoms with Crippen molar-refractivity contribution >= 4 is 22.0 Å². The summed E-state index contributed by atoms with van der Waals surface area (Å²) < 4.78 is 39.1. The highest BCUT2D eigenvalue weighted by molar-refractivity contribution is 7.81. The van der Waals surface area contributed by atoms with Crippen LogP contribution in [-0.2, 0) is 28.4 Å². The zero-order valence-corrected chi connectivity index (χ0v) is 28.8. The van der Waals surface area contributed by atoms with E-state index in [1.165, 1.54) is 11.1 Å². The first-order valence-corrected chi connectivity index (χ1v) is 19.7. The third-order valence-corrected chi connectivity index (χ3v) is 17.1. The second-order valence-corrected chi connectivity index (χ2v) is 18.9. The van der Waals surface area contributed by atoms with Gasteiger partial charge in [-0.1, -0.05) is 44.9 Å². The minimum absolute atomic E-state index is 0.0719. The van der Waals surface area contributed by atoms with E-state index in [1.54, 1.807) is 0 Å². The van der Waals surface area contributed by atoms with E-state index in [0.717, 1.165) is 89.9 Å². The molecule has 0 saturated heterocycles. The standard InChI is InChI=1S/C38H54O6S/c1-35-17-13-25(39)21-23(35)5-7-28-30-10-12-34(38(30,4)20-16-32(28)35)44-45(41,42)43-26-14-18-36(2)24(22-26)6-8-27-29-9-11-33(40)37(29,3)19-15-31(27)36/h6,21,26-32,34H,5,7-20,22H2,1-4H3/t26-,27?,28-,29?,30-,31?,32-,34-,35-,36-,37-,38-/m0/s1. The van der Waals surface area contributed by atoms with Crippen molar-refractivity contribution in [2.45, 2.75) is 143 Å². The summed E-state index contributed by atoms with van der Waals surface area (Å²) >= 11 is 0. The van der Waals surface area contributed by atoms with Crippen LogP contribution in [0.4, 0.5) is 0 Å². The van der Waals surface area contributed by atoms with Gasteiger partial charge >= 0.3 is 10.4 Å². The number of fused-ring (bicyclic) bond motifs is 10. The number of carbonyl (C=O) groups is 2. The van der Waals surface area contributed by atoms with E-state index in [0.29, 0.717) is 54.1 Å². The van der Waals surface area contributed by atoms with Gasteiger partial charge in [-0.2, -0.15) is 8.42 Å². The molecule has 3 unspecified atom stereocenters. The normalized spacial score (nSPS) is 50.8. The first kappa shape index (κ1) is 31.0. The molecule has 0 radical (unpaired) electrons. The molecule has 0 heterocycles. The lowest BCUT2D eigenvalue weighted by molar-refractivity contribution is -0.132. The lowest BCUT2D eigenvalue weighted by Gasteiger charge is -2.57. The van der Waals surface area contributed by atoms with Crippen LogP contribution in [0, 0.1) is 57.2 Å². The summed E-state index contributed by atoms with van der Waals surface area (Å²) in [5.41, 5.74) is 2.63. The van der Waals surface area contributed by atoms with Gasteiger partial charge in [0.1, 0.15) is 5.78 Å². The van der Waals surface area contributed by atoms with Crippen LogP contribution in [0.1, 0.15) is 130 Å². The molecule has 6 saturated carbocycles. The molecular formula is C38H54O6S. The largest absolute Gasteiger partial charge is 0.400 e. The van der Waals surface area contributed by atoms with Crippen LogP contribution in [0.15, 0.2) is 23.3 Å². The highest BCUT2D eigenvalue weighted by atomic mass is 32.3. The topological polar surface area (TPSA) is 86.7 Å². The Hall–Kier alpha value is -1.31. The monoisotopic (exact) mass is 638 g/mol. The number of ketones is 2.